The maximum Gasteiger partial charge on any atom is 0.160 e. The molecule has 0 radical (unpaired) electrons. The van der Waals surface area contributed by atoms with E-state index in [1.165, 1.54) is 7.11 Å². The second-order valence-electron chi connectivity index (χ2n) is 3.61. The summed E-state index contributed by atoms with van der Waals surface area (Å²) in [5.41, 5.74) is 1.07. The smallest absolute Gasteiger partial charge is 0.160 e. The first kappa shape index (κ1) is 12.8. The van der Waals surface area contributed by atoms with E-state index in [1.54, 1.807) is 6.07 Å². The highest BCUT2D eigenvalue weighted by molar-refractivity contribution is 5.41. The molecule has 0 saturated heterocycles. The summed E-state index contributed by atoms with van der Waals surface area (Å²) in [6, 6.07) is 5.30. The Balaban J connectivity index is 2.36. The summed E-state index contributed by atoms with van der Waals surface area (Å²) in [6.45, 7) is 1.86. The largest absolute Gasteiger partial charge is 0.504 e. The van der Waals surface area contributed by atoms with E-state index in [0.717, 1.165) is 31.5 Å². The molecule has 16 heavy (non-hydrogen) atoms. The maximum atomic E-state index is 9.40. The zero-order valence-electron chi connectivity index (χ0n) is 9.57. The standard InChI is InChI=1S/C12H19NO3/c1-16-12-8-10(4-5-11(12)15)9-13-6-2-3-7-14/h4-5,8,13-15H,2-3,6-7,9H2,1H3. The summed E-state index contributed by atoms with van der Waals surface area (Å²) in [5.74, 6) is 0.654. The van der Waals surface area contributed by atoms with E-state index in [-0.39, 0.29) is 12.4 Å². The number of phenolic OH excluding ortho intramolecular Hbond substituents is 1. The van der Waals surface area contributed by atoms with Crippen LogP contribution in [-0.2, 0) is 6.54 Å². The highest BCUT2D eigenvalue weighted by atomic mass is 16.5. The van der Waals surface area contributed by atoms with Gasteiger partial charge in [0.2, 0.25) is 0 Å². The van der Waals surface area contributed by atoms with Crippen LogP contribution in [0.5, 0.6) is 11.5 Å². The second kappa shape index (κ2) is 7.09. The minimum atomic E-state index is 0.159. The Labute approximate surface area is 95.9 Å². The van der Waals surface area contributed by atoms with Crippen LogP contribution in [0.4, 0.5) is 0 Å². The molecule has 0 aromatic heterocycles. The van der Waals surface area contributed by atoms with Gasteiger partial charge in [0.1, 0.15) is 0 Å². The van der Waals surface area contributed by atoms with Gasteiger partial charge >= 0.3 is 0 Å². The van der Waals surface area contributed by atoms with Crippen LogP contribution in [0, 0.1) is 0 Å². The van der Waals surface area contributed by atoms with Crippen molar-refractivity contribution in [3.05, 3.63) is 23.8 Å². The monoisotopic (exact) mass is 225 g/mol. The van der Waals surface area contributed by atoms with E-state index in [9.17, 15) is 5.11 Å². The Morgan fingerprint density at radius 2 is 2.12 bits per heavy atom. The molecule has 1 aromatic rings. The maximum absolute atomic E-state index is 9.40. The number of hydrogen-bond donors (Lipinski definition) is 3. The topological polar surface area (TPSA) is 61.7 Å². The quantitative estimate of drug-likeness (QED) is 0.611. The highest BCUT2D eigenvalue weighted by Crippen LogP contribution is 2.25. The van der Waals surface area contributed by atoms with Gasteiger partial charge in [-0.05, 0) is 37.1 Å². The lowest BCUT2D eigenvalue weighted by Crippen LogP contribution is -2.14. The predicted octanol–water partition coefficient (Wildman–Crippen LogP) is 1.26. The van der Waals surface area contributed by atoms with Gasteiger partial charge < -0.3 is 20.3 Å². The van der Waals surface area contributed by atoms with Crippen LogP contribution in [0.25, 0.3) is 0 Å². The molecular weight excluding hydrogens is 206 g/mol. The van der Waals surface area contributed by atoms with Crippen molar-refractivity contribution in [1.82, 2.24) is 5.32 Å². The molecule has 0 bridgehead atoms. The van der Waals surface area contributed by atoms with Gasteiger partial charge in [0.25, 0.3) is 0 Å². The van der Waals surface area contributed by atoms with Crippen LogP contribution in [-0.4, -0.2) is 30.5 Å². The molecule has 1 aromatic carbocycles. The Morgan fingerprint density at radius 3 is 2.81 bits per heavy atom. The van der Waals surface area contributed by atoms with E-state index >= 15 is 0 Å². The molecule has 0 atom stereocenters. The highest BCUT2D eigenvalue weighted by Gasteiger charge is 2.01. The number of methoxy groups -OCH3 is 1. The van der Waals surface area contributed by atoms with Gasteiger partial charge in [0, 0.05) is 13.2 Å². The molecule has 0 fully saturated rings. The summed E-state index contributed by atoms with van der Waals surface area (Å²) in [4.78, 5) is 0. The fourth-order valence-electron chi connectivity index (χ4n) is 1.43. The van der Waals surface area contributed by atoms with Crippen LogP contribution in [0.2, 0.25) is 0 Å². The van der Waals surface area contributed by atoms with Crippen LogP contribution >= 0.6 is 0 Å². The number of rotatable bonds is 7. The predicted molar refractivity (Wildman–Crippen MR) is 62.7 cm³/mol. The van der Waals surface area contributed by atoms with Crippen LogP contribution in [0.1, 0.15) is 18.4 Å². The normalized spacial score (nSPS) is 10.4. The number of aromatic hydroxyl groups is 1. The summed E-state index contributed by atoms with van der Waals surface area (Å²) in [7, 11) is 1.54. The van der Waals surface area contributed by atoms with E-state index < -0.39 is 0 Å². The summed E-state index contributed by atoms with van der Waals surface area (Å²) >= 11 is 0. The number of aliphatic hydroxyl groups is 1. The number of hydrogen-bond acceptors (Lipinski definition) is 4. The number of phenols is 1. The Hall–Kier alpha value is -1.26. The molecule has 90 valence electrons. The minimum absolute atomic E-state index is 0.159. The average molecular weight is 225 g/mol. The average Bonchev–Trinajstić information content (AvgIpc) is 2.31. The van der Waals surface area contributed by atoms with Gasteiger partial charge in [0.05, 0.1) is 7.11 Å². The number of aliphatic hydroxyl groups excluding tert-OH is 1. The first-order chi connectivity index (χ1) is 7.77. The van der Waals surface area contributed by atoms with Gasteiger partial charge in [-0.2, -0.15) is 0 Å². The van der Waals surface area contributed by atoms with Gasteiger partial charge in [-0.15, -0.1) is 0 Å². The summed E-state index contributed by atoms with van der Waals surface area (Å²) < 4.78 is 5.02. The first-order valence-corrected chi connectivity index (χ1v) is 5.45. The summed E-state index contributed by atoms with van der Waals surface area (Å²) in [5, 5.41) is 21.3. The van der Waals surface area contributed by atoms with Gasteiger partial charge in [-0.25, -0.2) is 0 Å². The fourth-order valence-corrected chi connectivity index (χ4v) is 1.43. The second-order valence-corrected chi connectivity index (χ2v) is 3.61. The van der Waals surface area contributed by atoms with Crippen LogP contribution in [0.15, 0.2) is 18.2 Å². The molecule has 0 amide bonds. The molecule has 4 heteroatoms. The Morgan fingerprint density at radius 1 is 1.31 bits per heavy atom. The van der Waals surface area contributed by atoms with E-state index in [4.69, 9.17) is 9.84 Å². The molecule has 4 nitrogen and oxygen atoms in total. The Kier molecular flexibility index (Phi) is 5.67. The molecule has 0 aliphatic carbocycles. The molecule has 0 aliphatic heterocycles. The summed E-state index contributed by atoms with van der Waals surface area (Å²) in [6.07, 6.45) is 1.79. The Bertz CT molecular complexity index is 315. The molecule has 0 spiro atoms. The van der Waals surface area contributed by atoms with Crippen molar-refractivity contribution in [3.63, 3.8) is 0 Å². The van der Waals surface area contributed by atoms with Gasteiger partial charge in [-0.3, -0.25) is 0 Å². The molecule has 1 rings (SSSR count). The number of benzene rings is 1. The van der Waals surface area contributed by atoms with Crippen molar-refractivity contribution < 1.29 is 14.9 Å². The van der Waals surface area contributed by atoms with Crippen molar-refractivity contribution in [2.45, 2.75) is 19.4 Å². The number of unbranched alkanes of at least 4 members (excludes halogenated alkanes) is 1. The minimum Gasteiger partial charge on any atom is -0.504 e. The van der Waals surface area contributed by atoms with Gasteiger partial charge in [0.15, 0.2) is 11.5 Å². The van der Waals surface area contributed by atoms with E-state index in [0.29, 0.717) is 5.75 Å². The molecule has 3 N–H and O–H groups in total. The SMILES string of the molecule is COc1cc(CNCCCCO)ccc1O. The first-order valence-electron chi connectivity index (χ1n) is 5.45. The number of nitrogens with one attached hydrogen (secondary N) is 1. The van der Waals surface area contributed by atoms with Gasteiger partial charge in [-0.1, -0.05) is 6.07 Å². The molecule has 0 aliphatic rings. The van der Waals surface area contributed by atoms with Crippen LogP contribution in [0.3, 0.4) is 0 Å². The molecule has 0 unspecified atom stereocenters. The van der Waals surface area contributed by atoms with Crippen molar-refractivity contribution in [2.24, 2.45) is 0 Å². The van der Waals surface area contributed by atoms with Crippen molar-refractivity contribution in [2.75, 3.05) is 20.3 Å². The fraction of sp³-hybridized carbons (Fsp3) is 0.500. The lowest BCUT2D eigenvalue weighted by atomic mass is 10.2. The lowest BCUT2D eigenvalue weighted by molar-refractivity contribution is 0.283. The zero-order valence-corrected chi connectivity index (χ0v) is 9.57. The zero-order chi connectivity index (χ0) is 11.8. The van der Waals surface area contributed by atoms with Crippen molar-refractivity contribution in [1.29, 1.82) is 0 Å². The molecule has 0 saturated carbocycles. The third kappa shape index (κ3) is 4.08. The van der Waals surface area contributed by atoms with Crippen LogP contribution < -0.4 is 10.1 Å². The molecule has 0 heterocycles. The number of ether oxygens (including phenoxy) is 1. The van der Waals surface area contributed by atoms with Crippen molar-refractivity contribution in [3.8, 4) is 11.5 Å². The third-order valence-electron chi connectivity index (χ3n) is 2.33. The van der Waals surface area contributed by atoms with E-state index in [1.807, 2.05) is 12.1 Å². The lowest BCUT2D eigenvalue weighted by Gasteiger charge is -2.07. The van der Waals surface area contributed by atoms with Crippen molar-refractivity contribution >= 4 is 0 Å². The van der Waals surface area contributed by atoms with E-state index in [2.05, 4.69) is 5.32 Å². The third-order valence-corrected chi connectivity index (χ3v) is 2.33. The molecular formula is C12H19NO3.